The summed E-state index contributed by atoms with van der Waals surface area (Å²) in [4.78, 5) is 6.88. The van der Waals surface area contributed by atoms with Crippen molar-refractivity contribution in [3.8, 4) is 11.4 Å². The van der Waals surface area contributed by atoms with E-state index in [1.54, 1.807) is 0 Å². The molecule has 128 valence electrons. The van der Waals surface area contributed by atoms with Gasteiger partial charge in [-0.05, 0) is 37.1 Å². The lowest BCUT2D eigenvalue weighted by molar-refractivity contribution is 0.680. The summed E-state index contributed by atoms with van der Waals surface area (Å²) in [6.45, 7) is 0.975. The number of fused-ring (bicyclic) bond motifs is 1. The zero-order valence-electron chi connectivity index (χ0n) is 14.2. The fourth-order valence-corrected chi connectivity index (χ4v) is 3.62. The van der Waals surface area contributed by atoms with Gasteiger partial charge in [0, 0.05) is 18.3 Å². The van der Waals surface area contributed by atoms with Crippen LogP contribution in [0.1, 0.15) is 24.6 Å². The summed E-state index contributed by atoms with van der Waals surface area (Å²) in [6, 6.07) is 20.4. The van der Waals surface area contributed by atoms with Gasteiger partial charge in [0.1, 0.15) is 5.82 Å². The summed E-state index contributed by atoms with van der Waals surface area (Å²) in [6.07, 6.45) is 4.08. The van der Waals surface area contributed by atoms with Gasteiger partial charge in [0.2, 0.25) is 0 Å². The van der Waals surface area contributed by atoms with Crippen molar-refractivity contribution in [2.75, 3.05) is 11.4 Å². The first-order chi connectivity index (χ1) is 12.9. The Kier molecular flexibility index (Phi) is 3.59. The average molecular weight is 342 g/mol. The van der Waals surface area contributed by atoms with Crippen LogP contribution in [0.5, 0.6) is 0 Å². The van der Waals surface area contributed by atoms with Crippen LogP contribution in [0.25, 0.3) is 17.0 Å². The molecule has 0 aliphatic carbocycles. The zero-order valence-corrected chi connectivity index (χ0v) is 14.2. The van der Waals surface area contributed by atoms with E-state index >= 15 is 0 Å². The highest BCUT2D eigenvalue weighted by Crippen LogP contribution is 2.34. The van der Waals surface area contributed by atoms with Crippen molar-refractivity contribution >= 4 is 11.5 Å². The third kappa shape index (κ3) is 2.50. The van der Waals surface area contributed by atoms with E-state index in [1.807, 2.05) is 65.3 Å². The predicted octanol–water partition coefficient (Wildman–Crippen LogP) is 3.53. The van der Waals surface area contributed by atoms with Gasteiger partial charge < -0.3 is 4.90 Å². The van der Waals surface area contributed by atoms with E-state index in [0.717, 1.165) is 47.9 Å². The van der Waals surface area contributed by atoms with Gasteiger partial charge in [0.15, 0.2) is 11.5 Å². The molecule has 0 saturated carbocycles. The predicted molar refractivity (Wildman–Crippen MR) is 99.8 cm³/mol. The van der Waals surface area contributed by atoms with Crippen LogP contribution in [0.4, 0.5) is 5.82 Å². The van der Waals surface area contributed by atoms with Crippen molar-refractivity contribution in [1.29, 1.82) is 0 Å². The number of anilines is 1. The summed E-state index contributed by atoms with van der Waals surface area (Å²) in [5.74, 6) is 1.69. The topological polar surface area (TPSA) is 59.2 Å². The molecule has 1 fully saturated rings. The summed E-state index contributed by atoms with van der Waals surface area (Å²) < 4.78 is 1.83. The highest BCUT2D eigenvalue weighted by molar-refractivity contribution is 5.59. The van der Waals surface area contributed by atoms with Gasteiger partial charge in [-0.1, -0.05) is 36.4 Å². The van der Waals surface area contributed by atoms with Crippen LogP contribution >= 0.6 is 0 Å². The van der Waals surface area contributed by atoms with Crippen molar-refractivity contribution < 1.29 is 0 Å². The van der Waals surface area contributed by atoms with Gasteiger partial charge >= 0.3 is 0 Å². The lowest BCUT2D eigenvalue weighted by atomic mass is 10.1. The van der Waals surface area contributed by atoms with Crippen LogP contribution in [-0.4, -0.2) is 31.3 Å². The second kappa shape index (κ2) is 6.22. The minimum atomic E-state index is 0.262. The fourth-order valence-electron chi connectivity index (χ4n) is 3.62. The van der Waals surface area contributed by atoms with E-state index in [1.165, 1.54) is 0 Å². The second-order valence-electron chi connectivity index (χ2n) is 6.46. The molecule has 1 aromatic carbocycles. The third-order valence-electron chi connectivity index (χ3n) is 4.86. The lowest BCUT2D eigenvalue weighted by Crippen LogP contribution is -2.24. The highest BCUT2D eigenvalue weighted by atomic mass is 15.4. The molecule has 0 amide bonds. The molecule has 6 heteroatoms. The van der Waals surface area contributed by atoms with Gasteiger partial charge in [0.25, 0.3) is 0 Å². The average Bonchev–Trinajstić information content (AvgIpc) is 3.36. The molecule has 6 nitrogen and oxygen atoms in total. The van der Waals surface area contributed by atoms with Crippen molar-refractivity contribution in [1.82, 2.24) is 24.8 Å². The van der Waals surface area contributed by atoms with Crippen LogP contribution in [0.2, 0.25) is 0 Å². The summed E-state index contributed by atoms with van der Waals surface area (Å²) in [5.41, 5.74) is 2.85. The Morgan fingerprint density at radius 3 is 2.62 bits per heavy atom. The minimum Gasteiger partial charge on any atom is -0.347 e. The molecule has 0 unspecified atom stereocenters. The maximum atomic E-state index is 4.86. The van der Waals surface area contributed by atoms with Crippen LogP contribution < -0.4 is 4.90 Å². The van der Waals surface area contributed by atoms with Crippen molar-refractivity contribution in [3.63, 3.8) is 0 Å². The summed E-state index contributed by atoms with van der Waals surface area (Å²) in [7, 11) is 0. The Morgan fingerprint density at radius 1 is 0.885 bits per heavy atom. The molecule has 3 aromatic heterocycles. The molecule has 1 atom stereocenters. The number of benzene rings is 1. The van der Waals surface area contributed by atoms with Gasteiger partial charge in [-0.2, -0.15) is 4.52 Å². The first-order valence-corrected chi connectivity index (χ1v) is 8.85. The molecule has 5 rings (SSSR count). The Balaban J connectivity index is 1.57. The van der Waals surface area contributed by atoms with Gasteiger partial charge in [0.05, 0.1) is 11.7 Å². The molecule has 0 bridgehead atoms. The first-order valence-electron chi connectivity index (χ1n) is 8.85. The molecule has 0 N–H and O–H groups in total. The monoisotopic (exact) mass is 342 g/mol. The van der Waals surface area contributed by atoms with E-state index in [4.69, 9.17) is 5.10 Å². The van der Waals surface area contributed by atoms with E-state index < -0.39 is 0 Å². The third-order valence-corrected chi connectivity index (χ3v) is 4.86. The largest absolute Gasteiger partial charge is 0.347 e. The van der Waals surface area contributed by atoms with E-state index in [9.17, 15) is 0 Å². The zero-order chi connectivity index (χ0) is 17.3. The SMILES string of the molecule is c1ccc(-c2nnc3ccc(N4CCC[C@H]4c4ccccn4)nn23)cc1. The van der Waals surface area contributed by atoms with Gasteiger partial charge in [-0.25, -0.2) is 0 Å². The smallest absolute Gasteiger partial charge is 0.185 e. The number of hydrogen-bond acceptors (Lipinski definition) is 5. The van der Waals surface area contributed by atoms with Crippen molar-refractivity contribution in [2.24, 2.45) is 0 Å². The highest BCUT2D eigenvalue weighted by Gasteiger charge is 2.28. The quantitative estimate of drug-likeness (QED) is 0.570. The molecule has 26 heavy (non-hydrogen) atoms. The van der Waals surface area contributed by atoms with Crippen LogP contribution in [-0.2, 0) is 0 Å². The molecular weight excluding hydrogens is 324 g/mol. The van der Waals surface area contributed by atoms with Crippen molar-refractivity contribution in [2.45, 2.75) is 18.9 Å². The number of hydrogen-bond donors (Lipinski definition) is 0. The lowest BCUT2D eigenvalue weighted by Gasteiger charge is -2.25. The van der Waals surface area contributed by atoms with Crippen LogP contribution in [0.3, 0.4) is 0 Å². The van der Waals surface area contributed by atoms with Crippen LogP contribution in [0, 0.1) is 0 Å². The van der Waals surface area contributed by atoms with Gasteiger partial charge in [-0.15, -0.1) is 15.3 Å². The van der Waals surface area contributed by atoms with Gasteiger partial charge in [-0.3, -0.25) is 4.98 Å². The normalized spacial score (nSPS) is 17.1. The maximum Gasteiger partial charge on any atom is 0.185 e. The van der Waals surface area contributed by atoms with E-state index in [2.05, 4.69) is 26.1 Å². The standard InChI is InChI=1S/C20H18N6/c1-2-7-15(8-3-1)20-23-22-18-11-12-19(24-26(18)20)25-14-6-10-17(25)16-9-4-5-13-21-16/h1-5,7-9,11-13,17H,6,10,14H2/t17-/m0/s1. The second-order valence-corrected chi connectivity index (χ2v) is 6.46. The Hall–Kier alpha value is -3.28. The van der Waals surface area contributed by atoms with Crippen LogP contribution in [0.15, 0.2) is 66.9 Å². The minimum absolute atomic E-state index is 0.262. The first kappa shape index (κ1) is 15.0. The number of rotatable bonds is 3. The van der Waals surface area contributed by atoms with E-state index in [-0.39, 0.29) is 6.04 Å². The Labute approximate surface area is 151 Å². The van der Waals surface area contributed by atoms with E-state index in [0.29, 0.717) is 0 Å². The summed E-state index contributed by atoms with van der Waals surface area (Å²) in [5, 5.41) is 13.4. The maximum absolute atomic E-state index is 4.86. The molecule has 4 aromatic rings. The van der Waals surface area contributed by atoms with Crippen molar-refractivity contribution in [3.05, 3.63) is 72.6 Å². The molecular formula is C20H18N6. The molecule has 0 radical (unpaired) electrons. The fraction of sp³-hybridized carbons (Fsp3) is 0.200. The molecule has 4 heterocycles. The summed E-state index contributed by atoms with van der Waals surface area (Å²) >= 11 is 0. The molecule has 1 aliphatic rings. The molecule has 0 spiro atoms. The Bertz CT molecular complexity index is 1030. The number of nitrogens with zero attached hydrogens (tertiary/aromatic N) is 6. The number of pyridine rings is 1. The molecule has 1 aliphatic heterocycles. The molecule has 1 saturated heterocycles. The number of aromatic nitrogens is 5. The Morgan fingerprint density at radius 2 is 1.77 bits per heavy atom.